The van der Waals surface area contributed by atoms with Gasteiger partial charge in [-0.15, -0.1) is 11.3 Å². The summed E-state index contributed by atoms with van der Waals surface area (Å²) in [5.74, 6) is -0.470. The summed E-state index contributed by atoms with van der Waals surface area (Å²) in [6, 6.07) is 0. The zero-order valence-electron chi connectivity index (χ0n) is 9.86. The van der Waals surface area contributed by atoms with E-state index in [0.717, 1.165) is 5.01 Å². The predicted octanol–water partition coefficient (Wildman–Crippen LogP) is 2.12. The molecular formula is C11H18N2O2S. The molecule has 1 aromatic heterocycles. The molecule has 16 heavy (non-hydrogen) atoms. The van der Waals surface area contributed by atoms with Crippen molar-refractivity contribution in [1.29, 1.82) is 0 Å². The summed E-state index contributed by atoms with van der Waals surface area (Å²) in [6.07, 6.45) is 2.33. The smallest absolute Gasteiger partial charge is 0.323 e. The van der Waals surface area contributed by atoms with Gasteiger partial charge in [0.05, 0.1) is 0 Å². The van der Waals surface area contributed by atoms with Gasteiger partial charge >= 0.3 is 5.97 Å². The number of thiazole rings is 1. The topological polar surface area (TPSA) is 62.2 Å². The average Bonchev–Trinajstić information content (AvgIpc) is 2.65. The van der Waals surface area contributed by atoms with E-state index in [4.69, 9.17) is 0 Å². The van der Waals surface area contributed by atoms with Crippen LogP contribution in [0.1, 0.15) is 32.2 Å². The lowest BCUT2D eigenvalue weighted by Gasteiger charge is -2.27. The van der Waals surface area contributed by atoms with E-state index in [0.29, 0.717) is 18.9 Å². The lowest BCUT2D eigenvalue weighted by Crippen LogP contribution is -2.49. The van der Waals surface area contributed by atoms with Crippen LogP contribution in [0.3, 0.4) is 0 Å². The average molecular weight is 242 g/mol. The first-order valence-electron chi connectivity index (χ1n) is 5.31. The van der Waals surface area contributed by atoms with Crippen molar-refractivity contribution in [2.45, 2.75) is 39.3 Å². The highest BCUT2D eigenvalue weighted by Crippen LogP contribution is 2.18. The number of aliphatic carboxylic acids is 1. The van der Waals surface area contributed by atoms with Crippen LogP contribution in [-0.4, -0.2) is 21.6 Å². The zero-order valence-corrected chi connectivity index (χ0v) is 10.7. The molecule has 0 aliphatic rings. The Morgan fingerprint density at radius 2 is 2.38 bits per heavy atom. The number of nitrogens with one attached hydrogen (secondary N) is 1. The second kappa shape index (κ2) is 5.41. The summed E-state index contributed by atoms with van der Waals surface area (Å²) in [5.41, 5.74) is -0.875. The van der Waals surface area contributed by atoms with Crippen LogP contribution < -0.4 is 5.32 Å². The van der Waals surface area contributed by atoms with Crippen LogP contribution in [-0.2, 0) is 11.3 Å². The van der Waals surface area contributed by atoms with Gasteiger partial charge in [0.2, 0.25) is 0 Å². The van der Waals surface area contributed by atoms with Crippen molar-refractivity contribution < 1.29 is 9.90 Å². The number of carboxylic acids is 1. The number of carboxylic acid groups (broad SMARTS) is 1. The molecule has 90 valence electrons. The van der Waals surface area contributed by atoms with Crippen molar-refractivity contribution in [2.24, 2.45) is 5.92 Å². The maximum absolute atomic E-state index is 11.2. The van der Waals surface area contributed by atoms with E-state index in [2.05, 4.69) is 10.3 Å². The van der Waals surface area contributed by atoms with Crippen LogP contribution in [0, 0.1) is 5.92 Å². The number of hydrogen-bond donors (Lipinski definition) is 2. The molecular weight excluding hydrogens is 224 g/mol. The van der Waals surface area contributed by atoms with Gasteiger partial charge in [0.15, 0.2) is 0 Å². The highest BCUT2D eigenvalue weighted by molar-refractivity contribution is 7.09. The molecule has 0 fully saturated rings. The van der Waals surface area contributed by atoms with Crippen LogP contribution in [0.2, 0.25) is 0 Å². The Balaban J connectivity index is 2.61. The van der Waals surface area contributed by atoms with E-state index in [1.165, 1.54) is 11.3 Å². The fraction of sp³-hybridized carbons (Fsp3) is 0.636. The van der Waals surface area contributed by atoms with Crippen LogP contribution in [0.25, 0.3) is 0 Å². The maximum Gasteiger partial charge on any atom is 0.323 e. The summed E-state index contributed by atoms with van der Waals surface area (Å²) in [5, 5.41) is 15.1. The quantitative estimate of drug-likeness (QED) is 0.802. The first-order valence-corrected chi connectivity index (χ1v) is 6.19. The number of rotatable bonds is 6. The molecule has 2 N–H and O–H groups in total. The summed E-state index contributed by atoms with van der Waals surface area (Å²) in [4.78, 5) is 15.4. The van der Waals surface area contributed by atoms with Crippen LogP contribution in [0.4, 0.5) is 0 Å². The Bertz CT molecular complexity index is 338. The molecule has 1 unspecified atom stereocenters. The van der Waals surface area contributed by atoms with Gasteiger partial charge in [-0.3, -0.25) is 10.1 Å². The molecule has 1 aromatic rings. The van der Waals surface area contributed by atoms with Crippen molar-refractivity contribution in [3.63, 3.8) is 0 Å². The molecule has 0 saturated carbocycles. The van der Waals surface area contributed by atoms with Crippen molar-refractivity contribution in [2.75, 3.05) is 0 Å². The number of hydrogen-bond acceptors (Lipinski definition) is 4. The van der Waals surface area contributed by atoms with Gasteiger partial charge in [-0.2, -0.15) is 0 Å². The molecule has 1 atom stereocenters. The minimum absolute atomic E-state index is 0.338. The molecule has 1 rings (SSSR count). The lowest BCUT2D eigenvalue weighted by atomic mass is 9.91. The van der Waals surface area contributed by atoms with E-state index >= 15 is 0 Å². The van der Waals surface area contributed by atoms with Crippen molar-refractivity contribution >= 4 is 17.3 Å². The first-order chi connectivity index (χ1) is 7.44. The second-order valence-electron chi connectivity index (χ2n) is 4.51. The summed E-state index contributed by atoms with van der Waals surface area (Å²) < 4.78 is 0. The number of aromatic nitrogens is 1. The number of nitrogens with zero attached hydrogens (tertiary/aromatic N) is 1. The molecule has 0 bridgehead atoms. The second-order valence-corrected chi connectivity index (χ2v) is 5.49. The van der Waals surface area contributed by atoms with E-state index in [1.807, 2.05) is 19.2 Å². The molecule has 0 aliphatic carbocycles. The maximum atomic E-state index is 11.2. The van der Waals surface area contributed by atoms with Gasteiger partial charge in [-0.1, -0.05) is 13.8 Å². The normalized spacial score (nSPS) is 15.0. The molecule has 0 aliphatic heterocycles. The van der Waals surface area contributed by atoms with Crippen molar-refractivity contribution in [3.8, 4) is 0 Å². The highest BCUT2D eigenvalue weighted by Gasteiger charge is 2.33. The fourth-order valence-electron chi connectivity index (χ4n) is 1.66. The minimum atomic E-state index is -0.875. The third-order valence-corrected chi connectivity index (χ3v) is 3.18. The summed E-state index contributed by atoms with van der Waals surface area (Å²) >= 11 is 1.53. The van der Waals surface area contributed by atoms with E-state index in [9.17, 15) is 9.90 Å². The predicted molar refractivity (Wildman–Crippen MR) is 64.4 cm³/mol. The minimum Gasteiger partial charge on any atom is -0.480 e. The Morgan fingerprint density at radius 1 is 1.69 bits per heavy atom. The van der Waals surface area contributed by atoms with Crippen LogP contribution >= 0.6 is 11.3 Å². The fourth-order valence-corrected chi connectivity index (χ4v) is 2.22. The van der Waals surface area contributed by atoms with E-state index < -0.39 is 11.5 Å². The third-order valence-electron chi connectivity index (χ3n) is 2.40. The van der Waals surface area contributed by atoms with Gasteiger partial charge in [0.1, 0.15) is 10.5 Å². The van der Waals surface area contributed by atoms with Crippen molar-refractivity contribution in [1.82, 2.24) is 10.3 Å². The van der Waals surface area contributed by atoms with E-state index in [-0.39, 0.29) is 0 Å². The molecule has 1 heterocycles. The van der Waals surface area contributed by atoms with Crippen LogP contribution in [0.5, 0.6) is 0 Å². The highest BCUT2D eigenvalue weighted by atomic mass is 32.1. The van der Waals surface area contributed by atoms with Gasteiger partial charge in [0, 0.05) is 18.1 Å². The zero-order chi connectivity index (χ0) is 12.2. The summed E-state index contributed by atoms with van der Waals surface area (Å²) in [7, 11) is 0. The Hall–Kier alpha value is -0.940. The molecule has 0 saturated heterocycles. The Labute approximate surface area is 99.7 Å². The lowest BCUT2D eigenvalue weighted by molar-refractivity contribution is -0.145. The van der Waals surface area contributed by atoms with Gasteiger partial charge in [-0.05, 0) is 19.3 Å². The summed E-state index contributed by atoms with van der Waals surface area (Å²) in [6.45, 7) is 6.27. The molecule has 5 heteroatoms. The van der Waals surface area contributed by atoms with Gasteiger partial charge in [-0.25, -0.2) is 4.98 Å². The SMILES string of the molecule is CC(C)CC(C)(NCc1nccs1)C(=O)O. The number of carbonyl (C=O) groups is 1. The molecule has 4 nitrogen and oxygen atoms in total. The standard InChI is InChI=1S/C11H18N2O2S/c1-8(2)6-11(3,10(14)15)13-7-9-12-4-5-16-9/h4-5,8,13H,6-7H2,1-3H3,(H,14,15). The molecule has 0 aromatic carbocycles. The Kier molecular flexibility index (Phi) is 4.44. The van der Waals surface area contributed by atoms with Crippen molar-refractivity contribution in [3.05, 3.63) is 16.6 Å². The van der Waals surface area contributed by atoms with Gasteiger partial charge < -0.3 is 5.11 Å². The Morgan fingerprint density at radius 3 is 2.81 bits per heavy atom. The third kappa shape index (κ3) is 3.57. The monoisotopic (exact) mass is 242 g/mol. The molecule has 0 spiro atoms. The van der Waals surface area contributed by atoms with E-state index in [1.54, 1.807) is 13.1 Å². The van der Waals surface area contributed by atoms with Gasteiger partial charge in [0.25, 0.3) is 0 Å². The largest absolute Gasteiger partial charge is 0.480 e. The van der Waals surface area contributed by atoms with Crippen LogP contribution in [0.15, 0.2) is 11.6 Å². The first kappa shape index (κ1) is 13.1. The molecule has 0 radical (unpaired) electrons. The molecule has 0 amide bonds.